The normalized spacial score (nSPS) is 20.0. The Labute approximate surface area is 145 Å². The van der Waals surface area contributed by atoms with E-state index in [1.807, 2.05) is 6.07 Å². The van der Waals surface area contributed by atoms with Gasteiger partial charge in [-0.1, -0.05) is 12.5 Å². The lowest BCUT2D eigenvalue weighted by Crippen LogP contribution is -2.54. The summed E-state index contributed by atoms with van der Waals surface area (Å²) in [6, 6.07) is 4.22. The minimum atomic E-state index is -0.932. The van der Waals surface area contributed by atoms with Crippen molar-refractivity contribution in [2.45, 2.75) is 44.6 Å². The van der Waals surface area contributed by atoms with Crippen molar-refractivity contribution in [3.05, 3.63) is 34.9 Å². The molecule has 1 aromatic carbocycles. The van der Waals surface area contributed by atoms with Crippen molar-refractivity contribution in [2.24, 2.45) is 0 Å². The van der Waals surface area contributed by atoms with E-state index < -0.39 is 23.8 Å². The molecule has 0 radical (unpaired) electrons. The summed E-state index contributed by atoms with van der Waals surface area (Å²) >= 11 is 0. The number of fused-ring (bicyclic) bond motifs is 1. The Bertz CT molecular complexity index is 743. The lowest BCUT2D eigenvalue weighted by atomic mass is 10.0. The van der Waals surface area contributed by atoms with Gasteiger partial charge in [0.25, 0.3) is 11.8 Å². The van der Waals surface area contributed by atoms with Crippen molar-refractivity contribution >= 4 is 23.6 Å². The van der Waals surface area contributed by atoms with Crippen molar-refractivity contribution < 1.29 is 24.3 Å². The maximum absolute atomic E-state index is 12.7. The molecule has 2 heterocycles. The molecule has 1 unspecified atom stereocenters. The monoisotopic (exact) mass is 344 g/mol. The Morgan fingerprint density at radius 3 is 2.52 bits per heavy atom. The predicted molar refractivity (Wildman–Crippen MR) is 87.8 cm³/mol. The average Bonchev–Trinajstić information content (AvgIpc) is 2.83. The van der Waals surface area contributed by atoms with Crippen LogP contribution in [-0.2, 0) is 16.0 Å². The number of unbranched alkanes of at least 4 members (excludes halogenated alkanes) is 2. The summed E-state index contributed by atoms with van der Waals surface area (Å²) in [4.78, 5) is 49.5. The zero-order valence-electron chi connectivity index (χ0n) is 13.8. The Kier molecular flexibility index (Phi) is 4.94. The molecule has 2 aliphatic rings. The highest BCUT2D eigenvalue weighted by Crippen LogP contribution is 2.28. The van der Waals surface area contributed by atoms with Crippen LogP contribution in [-0.4, -0.2) is 46.3 Å². The number of carbonyl (C=O) groups excluding carboxylic acids is 4. The van der Waals surface area contributed by atoms with Gasteiger partial charge in [0, 0.05) is 13.0 Å². The second kappa shape index (κ2) is 7.14. The molecule has 1 aromatic rings. The van der Waals surface area contributed by atoms with Crippen LogP contribution in [0.25, 0.3) is 0 Å². The van der Waals surface area contributed by atoms with E-state index in [2.05, 4.69) is 5.32 Å². The molecule has 0 spiro atoms. The Morgan fingerprint density at radius 1 is 1.04 bits per heavy atom. The predicted octanol–water partition coefficient (Wildman–Crippen LogP) is 0.793. The van der Waals surface area contributed by atoms with Gasteiger partial charge in [-0.2, -0.15) is 0 Å². The van der Waals surface area contributed by atoms with E-state index in [0.717, 1.165) is 36.1 Å². The number of aliphatic hydroxyl groups is 1. The summed E-state index contributed by atoms with van der Waals surface area (Å²) in [7, 11) is 0. The van der Waals surface area contributed by atoms with Crippen LogP contribution in [0.2, 0.25) is 0 Å². The zero-order valence-corrected chi connectivity index (χ0v) is 13.8. The number of amides is 4. The molecular weight excluding hydrogens is 324 g/mol. The number of hydrogen-bond donors (Lipinski definition) is 2. The third-order valence-electron chi connectivity index (χ3n) is 4.63. The molecule has 2 N–H and O–H groups in total. The van der Waals surface area contributed by atoms with Gasteiger partial charge < -0.3 is 5.11 Å². The van der Waals surface area contributed by atoms with Gasteiger partial charge in [-0.3, -0.25) is 29.4 Å². The molecule has 0 aliphatic carbocycles. The number of aliphatic hydroxyl groups excluding tert-OH is 1. The molecule has 1 atom stereocenters. The third kappa shape index (κ3) is 3.32. The first-order valence-electron chi connectivity index (χ1n) is 8.48. The minimum absolute atomic E-state index is 0.111. The lowest BCUT2D eigenvalue weighted by Gasteiger charge is -2.27. The van der Waals surface area contributed by atoms with Crippen LogP contribution in [0.4, 0.5) is 0 Å². The summed E-state index contributed by atoms with van der Waals surface area (Å²) < 4.78 is 0. The average molecular weight is 344 g/mol. The van der Waals surface area contributed by atoms with Crippen LogP contribution >= 0.6 is 0 Å². The Morgan fingerprint density at radius 2 is 1.80 bits per heavy atom. The van der Waals surface area contributed by atoms with Crippen molar-refractivity contribution in [1.82, 2.24) is 10.2 Å². The fraction of sp³-hybridized carbons (Fsp3) is 0.444. The van der Waals surface area contributed by atoms with E-state index in [4.69, 9.17) is 5.11 Å². The molecule has 25 heavy (non-hydrogen) atoms. The molecule has 7 nitrogen and oxygen atoms in total. The first-order valence-corrected chi connectivity index (χ1v) is 8.48. The highest BCUT2D eigenvalue weighted by molar-refractivity contribution is 6.23. The number of nitrogens with one attached hydrogen (secondary N) is 1. The summed E-state index contributed by atoms with van der Waals surface area (Å²) in [6.45, 7) is 0.165. The van der Waals surface area contributed by atoms with E-state index in [1.165, 1.54) is 0 Å². The first kappa shape index (κ1) is 17.3. The number of piperidine rings is 1. The Hall–Kier alpha value is -2.54. The molecular formula is C18H20N2O5. The van der Waals surface area contributed by atoms with Gasteiger partial charge in [-0.05, 0) is 43.4 Å². The van der Waals surface area contributed by atoms with Crippen LogP contribution < -0.4 is 5.32 Å². The van der Waals surface area contributed by atoms with Crippen LogP contribution in [0.1, 0.15) is 58.4 Å². The van der Waals surface area contributed by atoms with Gasteiger partial charge >= 0.3 is 0 Å². The zero-order chi connectivity index (χ0) is 18.0. The number of carbonyl (C=O) groups is 4. The van der Waals surface area contributed by atoms with Crippen LogP contribution in [0, 0.1) is 0 Å². The SMILES string of the molecule is O=C1CCC(N2C(=O)c3ccc(CCCCCO)cc3C2=O)C(=O)N1. The maximum Gasteiger partial charge on any atom is 0.262 e. The molecule has 3 rings (SSSR count). The maximum atomic E-state index is 12.7. The van der Waals surface area contributed by atoms with Gasteiger partial charge in [0.2, 0.25) is 11.8 Å². The second-order valence-corrected chi connectivity index (χ2v) is 6.36. The van der Waals surface area contributed by atoms with E-state index in [9.17, 15) is 19.2 Å². The fourth-order valence-electron chi connectivity index (χ4n) is 3.29. The first-order chi connectivity index (χ1) is 12.0. The van der Waals surface area contributed by atoms with Crippen LogP contribution in [0.15, 0.2) is 18.2 Å². The van der Waals surface area contributed by atoms with Gasteiger partial charge in [-0.25, -0.2) is 0 Å². The van der Waals surface area contributed by atoms with Crippen molar-refractivity contribution in [2.75, 3.05) is 6.61 Å². The number of rotatable bonds is 6. The van der Waals surface area contributed by atoms with E-state index in [-0.39, 0.29) is 25.4 Å². The molecule has 132 valence electrons. The molecule has 7 heteroatoms. The van der Waals surface area contributed by atoms with E-state index >= 15 is 0 Å². The summed E-state index contributed by atoms with van der Waals surface area (Å²) in [5.41, 5.74) is 1.56. The van der Waals surface area contributed by atoms with Crippen molar-refractivity contribution in [3.8, 4) is 0 Å². The van der Waals surface area contributed by atoms with E-state index in [0.29, 0.717) is 11.1 Å². The number of aryl methyl sites for hydroxylation is 1. The molecule has 4 amide bonds. The van der Waals surface area contributed by atoms with Crippen molar-refractivity contribution in [1.29, 1.82) is 0 Å². The quantitative estimate of drug-likeness (QED) is 0.587. The fourth-order valence-corrected chi connectivity index (χ4v) is 3.29. The van der Waals surface area contributed by atoms with Gasteiger partial charge in [0.05, 0.1) is 11.1 Å². The van der Waals surface area contributed by atoms with Crippen LogP contribution in [0.5, 0.6) is 0 Å². The van der Waals surface area contributed by atoms with Gasteiger partial charge in [0.15, 0.2) is 0 Å². The third-order valence-corrected chi connectivity index (χ3v) is 4.63. The number of nitrogens with zero attached hydrogens (tertiary/aromatic N) is 1. The largest absolute Gasteiger partial charge is 0.396 e. The van der Waals surface area contributed by atoms with Gasteiger partial charge in [-0.15, -0.1) is 0 Å². The number of imide groups is 2. The Balaban J connectivity index is 1.77. The molecule has 0 saturated carbocycles. The number of hydrogen-bond acceptors (Lipinski definition) is 5. The summed E-state index contributed by atoms with van der Waals surface area (Å²) in [6.07, 6.45) is 3.55. The number of benzene rings is 1. The lowest BCUT2D eigenvalue weighted by molar-refractivity contribution is -0.136. The smallest absolute Gasteiger partial charge is 0.262 e. The molecule has 0 bridgehead atoms. The molecule has 1 saturated heterocycles. The highest BCUT2D eigenvalue weighted by Gasteiger charge is 2.44. The summed E-state index contributed by atoms with van der Waals surface area (Å²) in [5.74, 6) is -1.95. The second-order valence-electron chi connectivity index (χ2n) is 6.36. The molecule has 1 fully saturated rings. The minimum Gasteiger partial charge on any atom is -0.396 e. The van der Waals surface area contributed by atoms with Crippen molar-refractivity contribution in [3.63, 3.8) is 0 Å². The molecule has 2 aliphatic heterocycles. The van der Waals surface area contributed by atoms with Gasteiger partial charge in [0.1, 0.15) is 6.04 Å². The van der Waals surface area contributed by atoms with Crippen LogP contribution in [0.3, 0.4) is 0 Å². The molecule has 0 aromatic heterocycles. The topological polar surface area (TPSA) is 104 Å². The van der Waals surface area contributed by atoms with E-state index in [1.54, 1.807) is 12.1 Å². The summed E-state index contributed by atoms with van der Waals surface area (Å²) in [5, 5.41) is 11.0. The standard InChI is InChI=1S/C18H20N2O5/c21-9-3-1-2-4-11-5-6-12-13(10-11)18(25)20(17(12)24)14-7-8-15(22)19-16(14)23/h5-6,10,14,21H,1-4,7-9H2,(H,19,22,23). The highest BCUT2D eigenvalue weighted by atomic mass is 16.3.